The molecular weight excluding hydrogens is 426 g/mol. The van der Waals surface area contributed by atoms with E-state index >= 15 is 0 Å². The minimum atomic E-state index is -0.424. The maximum atomic E-state index is 6.76. The molecule has 5 nitrogen and oxygen atoms in total. The number of thiazole rings is 1. The van der Waals surface area contributed by atoms with Gasteiger partial charge in [0.25, 0.3) is 0 Å². The van der Waals surface area contributed by atoms with E-state index in [0.717, 1.165) is 79.3 Å². The molecule has 2 fully saturated rings. The van der Waals surface area contributed by atoms with Gasteiger partial charge in [0.2, 0.25) is 0 Å². The summed E-state index contributed by atoms with van der Waals surface area (Å²) in [7, 11) is 0. The largest absolute Gasteiger partial charge is 0.319 e. The standard InChI is InChI=1S/C24H28ClN5S/c25-18-6-4-5-17(15-18)20-21(31-22(30-20)16-7-12-27-13-8-16)19-9-14-28-23(29-19)24(26)10-2-1-3-11-24/h4-6,9,14-16,27H,1-3,7-8,10-13,26H2. The van der Waals surface area contributed by atoms with E-state index in [2.05, 4.69) is 16.4 Å². The highest BCUT2D eigenvalue weighted by molar-refractivity contribution is 7.15. The summed E-state index contributed by atoms with van der Waals surface area (Å²) in [6.07, 6.45) is 9.49. The first-order valence-electron chi connectivity index (χ1n) is 11.2. The topological polar surface area (TPSA) is 76.7 Å². The molecule has 0 spiro atoms. The summed E-state index contributed by atoms with van der Waals surface area (Å²) in [5, 5.41) is 5.35. The predicted octanol–water partition coefficient (Wildman–Crippen LogP) is 5.51. The summed E-state index contributed by atoms with van der Waals surface area (Å²) in [5.74, 6) is 1.25. The second-order valence-corrected chi connectivity index (χ2v) is 10.2. The number of benzene rings is 1. The van der Waals surface area contributed by atoms with Crippen molar-refractivity contribution in [2.75, 3.05) is 13.1 Å². The molecule has 1 aliphatic carbocycles. The number of hydrogen-bond acceptors (Lipinski definition) is 6. The monoisotopic (exact) mass is 453 g/mol. The van der Waals surface area contributed by atoms with Crippen LogP contribution in [0.5, 0.6) is 0 Å². The van der Waals surface area contributed by atoms with Gasteiger partial charge in [-0.05, 0) is 57.0 Å². The SMILES string of the molecule is NC1(c2nccc(-c3sc(C4CCNCC4)nc3-c3cccc(Cl)c3)n2)CCCCC1. The summed E-state index contributed by atoms with van der Waals surface area (Å²) in [6, 6.07) is 9.93. The Balaban J connectivity index is 1.59. The van der Waals surface area contributed by atoms with Gasteiger partial charge in [0.1, 0.15) is 5.82 Å². The number of nitrogens with zero attached hydrogens (tertiary/aromatic N) is 3. The molecule has 31 heavy (non-hydrogen) atoms. The average Bonchev–Trinajstić information content (AvgIpc) is 3.26. The summed E-state index contributed by atoms with van der Waals surface area (Å²) in [6.45, 7) is 2.08. The molecule has 0 amide bonds. The van der Waals surface area contributed by atoms with Crippen LogP contribution in [0, 0.1) is 0 Å². The lowest BCUT2D eigenvalue weighted by Crippen LogP contribution is -2.40. The van der Waals surface area contributed by atoms with Crippen molar-refractivity contribution in [1.82, 2.24) is 20.3 Å². The normalized spacial score (nSPS) is 19.4. The third-order valence-corrected chi connectivity index (χ3v) is 7.98. The van der Waals surface area contributed by atoms with E-state index in [0.29, 0.717) is 10.9 Å². The van der Waals surface area contributed by atoms with E-state index in [-0.39, 0.29) is 0 Å². The maximum Gasteiger partial charge on any atom is 0.148 e. The Morgan fingerprint density at radius 3 is 2.65 bits per heavy atom. The molecule has 0 unspecified atom stereocenters. The van der Waals surface area contributed by atoms with E-state index in [1.807, 2.05) is 30.5 Å². The van der Waals surface area contributed by atoms with Gasteiger partial charge >= 0.3 is 0 Å². The van der Waals surface area contributed by atoms with Crippen LogP contribution >= 0.6 is 22.9 Å². The van der Waals surface area contributed by atoms with Crippen molar-refractivity contribution in [2.24, 2.45) is 5.73 Å². The van der Waals surface area contributed by atoms with Gasteiger partial charge < -0.3 is 11.1 Å². The highest BCUT2D eigenvalue weighted by atomic mass is 35.5. The Hall–Kier alpha value is -1.86. The molecule has 0 bridgehead atoms. The van der Waals surface area contributed by atoms with Crippen LogP contribution in [0.4, 0.5) is 0 Å². The third kappa shape index (κ3) is 4.40. The maximum absolute atomic E-state index is 6.76. The van der Waals surface area contributed by atoms with E-state index in [1.54, 1.807) is 11.3 Å². The molecule has 2 aromatic heterocycles. The summed E-state index contributed by atoms with van der Waals surface area (Å²) in [4.78, 5) is 15.8. The first-order valence-corrected chi connectivity index (χ1v) is 12.4. The zero-order valence-electron chi connectivity index (χ0n) is 17.6. The van der Waals surface area contributed by atoms with Gasteiger partial charge in [0, 0.05) is 22.7 Å². The molecule has 7 heteroatoms. The van der Waals surface area contributed by atoms with Crippen LogP contribution in [-0.2, 0) is 5.54 Å². The first kappa shape index (κ1) is 21.0. The van der Waals surface area contributed by atoms with E-state index in [1.165, 1.54) is 11.4 Å². The van der Waals surface area contributed by atoms with Crippen LogP contribution in [0.25, 0.3) is 21.8 Å². The molecule has 1 aromatic carbocycles. The van der Waals surface area contributed by atoms with Crippen molar-refractivity contribution in [3.63, 3.8) is 0 Å². The Morgan fingerprint density at radius 2 is 1.87 bits per heavy atom. The number of halogens is 1. The average molecular weight is 454 g/mol. The van der Waals surface area contributed by atoms with Crippen molar-refractivity contribution >= 4 is 22.9 Å². The van der Waals surface area contributed by atoms with Crippen LogP contribution in [-0.4, -0.2) is 28.0 Å². The van der Waals surface area contributed by atoms with E-state index in [9.17, 15) is 0 Å². The molecule has 1 aliphatic heterocycles. The lowest BCUT2D eigenvalue weighted by atomic mass is 9.82. The van der Waals surface area contributed by atoms with Gasteiger partial charge in [0.15, 0.2) is 0 Å². The quantitative estimate of drug-likeness (QED) is 0.545. The van der Waals surface area contributed by atoms with Crippen LogP contribution < -0.4 is 11.1 Å². The molecule has 0 atom stereocenters. The lowest BCUT2D eigenvalue weighted by Gasteiger charge is -2.31. The molecule has 3 aromatic rings. The zero-order chi connectivity index (χ0) is 21.3. The van der Waals surface area contributed by atoms with E-state index < -0.39 is 5.54 Å². The minimum absolute atomic E-state index is 0.424. The highest BCUT2D eigenvalue weighted by Crippen LogP contribution is 2.41. The number of nitrogens with two attached hydrogens (primary N) is 1. The number of rotatable bonds is 4. The van der Waals surface area contributed by atoms with Crippen molar-refractivity contribution in [3.05, 3.63) is 52.4 Å². The molecule has 2 aliphatic rings. The van der Waals surface area contributed by atoms with Crippen molar-refractivity contribution in [2.45, 2.75) is 56.4 Å². The fourth-order valence-electron chi connectivity index (χ4n) is 4.72. The number of piperidine rings is 1. The fraction of sp³-hybridized carbons (Fsp3) is 0.458. The van der Waals surface area contributed by atoms with Gasteiger partial charge in [-0.15, -0.1) is 11.3 Å². The molecule has 3 N–H and O–H groups in total. The number of nitrogens with one attached hydrogen (secondary N) is 1. The van der Waals surface area contributed by atoms with Gasteiger partial charge in [-0.2, -0.15) is 0 Å². The summed E-state index contributed by atoms with van der Waals surface area (Å²) < 4.78 is 0. The van der Waals surface area contributed by atoms with Gasteiger partial charge in [-0.1, -0.05) is 43.0 Å². The molecule has 162 valence electrons. The minimum Gasteiger partial charge on any atom is -0.319 e. The highest BCUT2D eigenvalue weighted by Gasteiger charge is 2.33. The predicted molar refractivity (Wildman–Crippen MR) is 127 cm³/mol. The smallest absolute Gasteiger partial charge is 0.148 e. The Kier molecular flexibility index (Phi) is 6.06. The Labute approximate surface area is 192 Å². The van der Waals surface area contributed by atoms with Gasteiger partial charge in [0.05, 0.1) is 26.8 Å². The van der Waals surface area contributed by atoms with Crippen LogP contribution in [0.2, 0.25) is 5.02 Å². The van der Waals surface area contributed by atoms with Gasteiger partial charge in [-0.25, -0.2) is 15.0 Å². The van der Waals surface area contributed by atoms with Gasteiger partial charge in [-0.3, -0.25) is 0 Å². The molecule has 0 radical (unpaired) electrons. The fourth-order valence-corrected chi connectivity index (χ4v) is 6.13. The number of aromatic nitrogens is 3. The van der Waals surface area contributed by atoms with Crippen molar-refractivity contribution < 1.29 is 0 Å². The molecular formula is C24H28ClN5S. The number of hydrogen-bond donors (Lipinski definition) is 2. The van der Waals surface area contributed by atoms with Crippen LogP contribution in [0.15, 0.2) is 36.5 Å². The summed E-state index contributed by atoms with van der Waals surface area (Å²) >= 11 is 8.08. The Morgan fingerprint density at radius 1 is 1.06 bits per heavy atom. The lowest BCUT2D eigenvalue weighted by molar-refractivity contribution is 0.287. The Bertz CT molecular complexity index is 1050. The van der Waals surface area contributed by atoms with E-state index in [4.69, 9.17) is 27.3 Å². The van der Waals surface area contributed by atoms with Crippen molar-refractivity contribution in [1.29, 1.82) is 0 Å². The molecule has 1 saturated carbocycles. The first-order chi connectivity index (χ1) is 15.1. The molecule has 3 heterocycles. The summed E-state index contributed by atoms with van der Waals surface area (Å²) in [5.41, 5.74) is 9.23. The van der Waals surface area contributed by atoms with Crippen molar-refractivity contribution in [3.8, 4) is 21.8 Å². The molecule has 1 saturated heterocycles. The second-order valence-electron chi connectivity index (χ2n) is 8.75. The van der Waals surface area contributed by atoms with Crippen LogP contribution in [0.1, 0.15) is 61.7 Å². The third-order valence-electron chi connectivity index (χ3n) is 6.51. The second kappa shape index (κ2) is 8.94. The molecule has 5 rings (SSSR count). The zero-order valence-corrected chi connectivity index (χ0v) is 19.2. The van der Waals surface area contributed by atoms with Crippen LogP contribution in [0.3, 0.4) is 0 Å².